The van der Waals surface area contributed by atoms with Gasteiger partial charge in [0.1, 0.15) is 0 Å². The van der Waals surface area contributed by atoms with Crippen molar-refractivity contribution in [1.82, 2.24) is 0 Å². The molecule has 0 aliphatic carbocycles. The summed E-state index contributed by atoms with van der Waals surface area (Å²) in [6.45, 7) is 1.15. The van der Waals surface area contributed by atoms with E-state index in [0.717, 1.165) is 37.2 Å². The zero-order valence-electron chi connectivity index (χ0n) is 16.8. The molecule has 0 unspecified atom stereocenters. The van der Waals surface area contributed by atoms with Crippen molar-refractivity contribution in [3.63, 3.8) is 0 Å². The second-order valence-electron chi connectivity index (χ2n) is 7.05. The van der Waals surface area contributed by atoms with Gasteiger partial charge >= 0.3 is 8.25 Å². The van der Waals surface area contributed by atoms with E-state index in [-0.39, 0.29) is 0 Å². The van der Waals surface area contributed by atoms with E-state index < -0.39 is 8.25 Å². The van der Waals surface area contributed by atoms with Crippen LogP contribution in [0.25, 0.3) is 0 Å². The van der Waals surface area contributed by atoms with Gasteiger partial charge in [-0.15, -0.1) is 0 Å². The second kappa shape index (κ2) is 23.9. The molecule has 0 aromatic heterocycles. The van der Waals surface area contributed by atoms with E-state index in [1.807, 2.05) is 0 Å². The third-order valence-corrected chi connectivity index (χ3v) is 6.06. The fourth-order valence-corrected chi connectivity index (χ4v) is 4.05. The Kier molecular flexibility index (Phi) is 24.7. The smallest absolute Gasteiger partial charge is 0.311 e. The van der Waals surface area contributed by atoms with Gasteiger partial charge in [0.15, 0.2) is 0 Å². The first kappa shape index (κ1) is 26.9. The lowest BCUT2D eigenvalue weighted by atomic mass is 10.1. The molecule has 158 valence electrons. The lowest BCUT2D eigenvalue weighted by Crippen LogP contribution is -1.92. The van der Waals surface area contributed by atoms with Crippen molar-refractivity contribution >= 4 is 33.5 Å². The molecule has 0 N–H and O–H groups in total. The molecule has 0 bridgehead atoms. The van der Waals surface area contributed by atoms with Crippen LogP contribution in [0.2, 0.25) is 0 Å². The van der Waals surface area contributed by atoms with Crippen molar-refractivity contribution in [1.29, 1.82) is 0 Å². The van der Waals surface area contributed by atoms with Crippen LogP contribution < -0.4 is 0 Å². The molecule has 0 aromatic rings. The molecule has 0 saturated carbocycles. The molecule has 6 heteroatoms. The molecular formula is C20H43O3PS2. The first-order chi connectivity index (χ1) is 12.8. The summed E-state index contributed by atoms with van der Waals surface area (Å²) in [5.74, 6) is 2.02. The lowest BCUT2D eigenvalue weighted by Gasteiger charge is -2.06. The highest BCUT2D eigenvalue weighted by Crippen LogP contribution is 2.25. The van der Waals surface area contributed by atoms with Gasteiger partial charge in [-0.1, -0.05) is 77.0 Å². The van der Waals surface area contributed by atoms with Crippen LogP contribution in [-0.4, -0.2) is 24.7 Å². The average molecular weight is 427 g/mol. The molecule has 0 spiro atoms. The van der Waals surface area contributed by atoms with E-state index in [1.165, 1.54) is 77.0 Å². The van der Waals surface area contributed by atoms with Gasteiger partial charge in [0.05, 0.1) is 13.2 Å². The molecule has 26 heavy (non-hydrogen) atoms. The van der Waals surface area contributed by atoms with E-state index in [4.69, 9.17) is 9.05 Å². The van der Waals surface area contributed by atoms with Gasteiger partial charge in [0.25, 0.3) is 0 Å². The zero-order valence-corrected chi connectivity index (χ0v) is 19.6. The standard InChI is InChI=1S/C20H43O3PS2/c21-24(22-17-13-9-5-1-3-7-11-15-19-25)23-18-14-10-6-2-4-8-12-16-20-26/h24-26H,1-20H2. The van der Waals surface area contributed by atoms with Crippen molar-refractivity contribution in [3.8, 4) is 0 Å². The molecule has 0 radical (unpaired) electrons. The highest BCUT2D eigenvalue weighted by Gasteiger charge is 2.00. The molecule has 3 nitrogen and oxygen atoms in total. The summed E-state index contributed by atoms with van der Waals surface area (Å²) < 4.78 is 22.2. The van der Waals surface area contributed by atoms with Crippen LogP contribution in [0.1, 0.15) is 103 Å². The Hall–Kier alpha value is 0.850. The Balaban J connectivity index is 3.13. The van der Waals surface area contributed by atoms with E-state index in [0.29, 0.717) is 13.2 Å². The first-order valence-electron chi connectivity index (χ1n) is 10.8. The molecule has 0 atom stereocenters. The topological polar surface area (TPSA) is 35.5 Å². The molecule has 0 aromatic carbocycles. The fourth-order valence-electron chi connectivity index (χ4n) is 2.90. The highest BCUT2D eigenvalue weighted by molar-refractivity contribution is 7.80. The van der Waals surface area contributed by atoms with Gasteiger partial charge in [0, 0.05) is 0 Å². The van der Waals surface area contributed by atoms with Crippen molar-refractivity contribution in [2.45, 2.75) is 103 Å². The largest absolute Gasteiger partial charge is 0.319 e. The maximum atomic E-state index is 11.6. The van der Waals surface area contributed by atoms with E-state index in [9.17, 15) is 4.57 Å². The van der Waals surface area contributed by atoms with Gasteiger partial charge in [-0.25, -0.2) is 0 Å². The molecule has 0 fully saturated rings. The second-order valence-corrected chi connectivity index (χ2v) is 9.02. The van der Waals surface area contributed by atoms with Gasteiger partial charge in [-0.05, 0) is 37.2 Å². The summed E-state index contributed by atoms with van der Waals surface area (Å²) in [6.07, 6.45) is 19.8. The van der Waals surface area contributed by atoms with E-state index in [1.54, 1.807) is 0 Å². The summed E-state index contributed by atoms with van der Waals surface area (Å²) >= 11 is 8.45. The van der Waals surface area contributed by atoms with Crippen LogP contribution >= 0.6 is 33.5 Å². The summed E-state index contributed by atoms with van der Waals surface area (Å²) in [6, 6.07) is 0. The predicted molar refractivity (Wildman–Crippen MR) is 122 cm³/mol. The molecule has 0 amide bonds. The Morgan fingerprint density at radius 1 is 0.462 bits per heavy atom. The Morgan fingerprint density at radius 3 is 1.04 bits per heavy atom. The molecule has 0 aliphatic rings. The minimum atomic E-state index is -2.27. The quantitative estimate of drug-likeness (QED) is 0.107. The predicted octanol–water partition coefficient (Wildman–Crippen LogP) is 7.51. The Bertz CT molecular complexity index is 268. The monoisotopic (exact) mass is 426 g/mol. The summed E-state index contributed by atoms with van der Waals surface area (Å²) in [7, 11) is -2.27. The SMILES string of the molecule is O=[PH](OCCCCCCCCCCS)OCCCCCCCCCCS. The number of rotatable bonds is 22. The van der Waals surface area contributed by atoms with Crippen molar-refractivity contribution in [2.75, 3.05) is 24.7 Å². The van der Waals surface area contributed by atoms with E-state index >= 15 is 0 Å². The van der Waals surface area contributed by atoms with Gasteiger partial charge in [-0.3, -0.25) is 4.57 Å². The number of hydrogen-bond acceptors (Lipinski definition) is 5. The third-order valence-electron chi connectivity index (χ3n) is 4.54. The zero-order chi connectivity index (χ0) is 19.1. The Morgan fingerprint density at radius 2 is 0.731 bits per heavy atom. The summed E-state index contributed by atoms with van der Waals surface area (Å²) in [4.78, 5) is 0. The first-order valence-corrected chi connectivity index (χ1v) is 13.3. The fraction of sp³-hybridized carbons (Fsp3) is 1.00. The van der Waals surface area contributed by atoms with E-state index in [2.05, 4.69) is 25.3 Å². The van der Waals surface area contributed by atoms with Crippen LogP contribution in [-0.2, 0) is 13.6 Å². The molecule has 0 aliphatic heterocycles. The molecule has 0 saturated heterocycles. The van der Waals surface area contributed by atoms with Crippen LogP contribution in [0.15, 0.2) is 0 Å². The number of thiol groups is 2. The minimum Gasteiger partial charge on any atom is -0.311 e. The maximum absolute atomic E-state index is 11.6. The van der Waals surface area contributed by atoms with Crippen LogP contribution in [0.5, 0.6) is 0 Å². The van der Waals surface area contributed by atoms with Gasteiger partial charge in [0.2, 0.25) is 0 Å². The third kappa shape index (κ3) is 22.9. The molecule has 0 heterocycles. The Labute approximate surface area is 174 Å². The number of hydrogen-bond donors (Lipinski definition) is 2. The molecule has 0 rings (SSSR count). The highest BCUT2D eigenvalue weighted by atomic mass is 32.1. The summed E-state index contributed by atoms with van der Waals surface area (Å²) in [5, 5.41) is 0. The van der Waals surface area contributed by atoms with Crippen LogP contribution in [0.4, 0.5) is 0 Å². The number of unbranched alkanes of at least 4 members (excludes halogenated alkanes) is 14. The average Bonchev–Trinajstić information content (AvgIpc) is 2.64. The minimum absolute atomic E-state index is 0.573. The van der Waals surface area contributed by atoms with Crippen molar-refractivity contribution < 1.29 is 13.6 Å². The van der Waals surface area contributed by atoms with Crippen LogP contribution in [0, 0.1) is 0 Å². The van der Waals surface area contributed by atoms with Gasteiger partial charge in [-0.2, -0.15) is 25.3 Å². The van der Waals surface area contributed by atoms with Gasteiger partial charge < -0.3 is 9.05 Å². The van der Waals surface area contributed by atoms with Crippen molar-refractivity contribution in [3.05, 3.63) is 0 Å². The van der Waals surface area contributed by atoms with Crippen LogP contribution in [0.3, 0.4) is 0 Å². The van der Waals surface area contributed by atoms with Crippen molar-refractivity contribution in [2.24, 2.45) is 0 Å². The lowest BCUT2D eigenvalue weighted by molar-refractivity contribution is 0.218. The maximum Gasteiger partial charge on any atom is 0.319 e. The molecular weight excluding hydrogens is 383 g/mol. The normalized spacial score (nSPS) is 11.5. The summed E-state index contributed by atoms with van der Waals surface area (Å²) in [5.41, 5.74) is 0.